The highest BCUT2D eigenvalue weighted by Gasteiger charge is 2.18. The van der Waals surface area contributed by atoms with Gasteiger partial charge in [-0.2, -0.15) is 5.10 Å². The van der Waals surface area contributed by atoms with Crippen LogP contribution in [0, 0.1) is 0 Å². The van der Waals surface area contributed by atoms with E-state index in [0.29, 0.717) is 5.75 Å². The van der Waals surface area contributed by atoms with Gasteiger partial charge in [0.05, 0.1) is 17.6 Å². The van der Waals surface area contributed by atoms with Crippen molar-refractivity contribution in [3.05, 3.63) is 17.5 Å². The zero-order valence-electron chi connectivity index (χ0n) is 7.12. The minimum atomic E-state index is -0.653. The summed E-state index contributed by atoms with van der Waals surface area (Å²) in [5, 5.41) is 4.23. The summed E-state index contributed by atoms with van der Waals surface area (Å²) in [6, 6.07) is 0. The van der Waals surface area contributed by atoms with Crippen LogP contribution in [-0.4, -0.2) is 19.7 Å². The Morgan fingerprint density at radius 1 is 1.75 bits per heavy atom. The van der Waals surface area contributed by atoms with Crippen LogP contribution in [0.2, 0.25) is 0 Å². The molecule has 0 fully saturated rings. The molecule has 0 saturated heterocycles. The maximum Gasteiger partial charge on any atom is 0.0658 e. The molecule has 0 N–H and O–H groups in total. The Kier molecular flexibility index (Phi) is 2.00. The predicted octanol–water partition coefficient (Wildman–Crippen LogP) is 0.708. The molecule has 4 heteroatoms. The number of rotatable bonds is 1. The molecule has 66 valence electrons. The van der Waals surface area contributed by atoms with Gasteiger partial charge in [-0.15, -0.1) is 0 Å². The third-order valence-electron chi connectivity index (χ3n) is 2.23. The second kappa shape index (κ2) is 3.01. The van der Waals surface area contributed by atoms with E-state index < -0.39 is 10.8 Å². The van der Waals surface area contributed by atoms with Crippen molar-refractivity contribution in [2.24, 2.45) is 0 Å². The van der Waals surface area contributed by atoms with Crippen LogP contribution in [-0.2, 0) is 29.5 Å². The fraction of sp³-hybridized carbons (Fsp3) is 0.625. The van der Waals surface area contributed by atoms with Crippen LogP contribution in [0.1, 0.15) is 18.2 Å². The highest BCUT2D eigenvalue weighted by atomic mass is 32.2. The van der Waals surface area contributed by atoms with Crippen molar-refractivity contribution in [1.82, 2.24) is 9.78 Å². The second-order valence-electron chi connectivity index (χ2n) is 2.97. The minimum Gasteiger partial charge on any atom is -0.269 e. The third kappa shape index (κ3) is 1.20. The van der Waals surface area contributed by atoms with Crippen molar-refractivity contribution in [2.45, 2.75) is 25.6 Å². The highest BCUT2D eigenvalue weighted by molar-refractivity contribution is 7.84. The van der Waals surface area contributed by atoms with Gasteiger partial charge in [0.15, 0.2) is 0 Å². The van der Waals surface area contributed by atoms with Crippen LogP contribution >= 0.6 is 0 Å². The minimum absolute atomic E-state index is 0.653. The Morgan fingerprint density at radius 2 is 2.58 bits per heavy atom. The molecule has 3 nitrogen and oxygen atoms in total. The first kappa shape index (κ1) is 7.98. The first-order valence-corrected chi connectivity index (χ1v) is 5.68. The van der Waals surface area contributed by atoms with Gasteiger partial charge in [0.1, 0.15) is 0 Å². The number of aryl methyl sites for hydroxylation is 2. The Labute approximate surface area is 74.2 Å². The van der Waals surface area contributed by atoms with Crippen molar-refractivity contribution in [2.75, 3.05) is 5.75 Å². The van der Waals surface area contributed by atoms with E-state index >= 15 is 0 Å². The van der Waals surface area contributed by atoms with Crippen LogP contribution in [0.5, 0.6) is 0 Å². The topological polar surface area (TPSA) is 34.9 Å². The molecular weight excluding hydrogens is 172 g/mol. The Hall–Kier alpha value is -0.640. The summed E-state index contributed by atoms with van der Waals surface area (Å²) in [6.07, 6.45) is 2.84. The summed E-state index contributed by atoms with van der Waals surface area (Å²) in [5.41, 5.74) is 2.47. The first-order chi connectivity index (χ1) is 5.81. The Bertz CT molecular complexity index is 305. The Balaban J connectivity index is 2.40. The van der Waals surface area contributed by atoms with E-state index in [-0.39, 0.29) is 0 Å². The summed E-state index contributed by atoms with van der Waals surface area (Å²) < 4.78 is 13.2. The largest absolute Gasteiger partial charge is 0.269 e. The van der Waals surface area contributed by atoms with E-state index in [4.69, 9.17) is 0 Å². The Morgan fingerprint density at radius 3 is 3.33 bits per heavy atom. The summed E-state index contributed by atoms with van der Waals surface area (Å²) in [5.74, 6) is 1.51. The van der Waals surface area contributed by atoms with E-state index in [2.05, 4.69) is 12.0 Å². The fourth-order valence-corrected chi connectivity index (χ4v) is 2.78. The molecule has 0 amide bonds. The molecule has 2 rings (SSSR count). The van der Waals surface area contributed by atoms with Gasteiger partial charge in [-0.1, -0.05) is 0 Å². The van der Waals surface area contributed by atoms with Gasteiger partial charge in [0, 0.05) is 23.1 Å². The number of hydrogen-bond donors (Lipinski definition) is 0. The summed E-state index contributed by atoms with van der Waals surface area (Å²) >= 11 is 0. The molecule has 0 radical (unpaired) electrons. The molecule has 1 atom stereocenters. The normalized spacial score (nSPS) is 22.2. The van der Waals surface area contributed by atoms with Crippen LogP contribution in [0.3, 0.4) is 0 Å². The lowest BCUT2D eigenvalue weighted by molar-refractivity contribution is 0.627. The van der Waals surface area contributed by atoms with E-state index in [1.54, 1.807) is 0 Å². The highest BCUT2D eigenvalue weighted by Crippen LogP contribution is 2.17. The number of fused-ring (bicyclic) bond motifs is 1. The van der Waals surface area contributed by atoms with Crippen molar-refractivity contribution in [1.29, 1.82) is 0 Å². The van der Waals surface area contributed by atoms with Gasteiger partial charge < -0.3 is 0 Å². The van der Waals surface area contributed by atoms with Crippen LogP contribution in [0.4, 0.5) is 0 Å². The predicted molar refractivity (Wildman–Crippen MR) is 48.3 cm³/mol. The maximum atomic E-state index is 11.3. The SMILES string of the molecule is CCn1ncc2c1CS(=O)CC2. The molecule has 0 aliphatic carbocycles. The van der Waals surface area contributed by atoms with E-state index in [0.717, 1.165) is 18.7 Å². The van der Waals surface area contributed by atoms with Crippen molar-refractivity contribution >= 4 is 10.8 Å². The van der Waals surface area contributed by atoms with Crippen LogP contribution < -0.4 is 0 Å². The van der Waals surface area contributed by atoms with Crippen molar-refractivity contribution in [3.63, 3.8) is 0 Å². The molecule has 0 spiro atoms. The molecule has 1 aliphatic rings. The number of aromatic nitrogens is 2. The lowest BCUT2D eigenvalue weighted by Gasteiger charge is -2.12. The first-order valence-electron chi connectivity index (χ1n) is 4.19. The zero-order valence-corrected chi connectivity index (χ0v) is 7.93. The van der Waals surface area contributed by atoms with Crippen LogP contribution in [0.15, 0.2) is 6.20 Å². The average Bonchev–Trinajstić information content (AvgIpc) is 2.46. The lowest BCUT2D eigenvalue weighted by Crippen LogP contribution is -2.15. The monoisotopic (exact) mass is 184 g/mol. The van der Waals surface area contributed by atoms with Crippen molar-refractivity contribution < 1.29 is 4.21 Å². The fourth-order valence-electron chi connectivity index (χ4n) is 1.55. The molecule has 1 aromatic rings. The van der Waals surface area contributed by atoms with Gasteiger partial charge >= 0.3 is 0 Å². The van der Waals surface area contributed by atoms with Gasteiger partial charge in [0.25, 0.3) is 0 Å². The summed E-state index contributed by atoms with van der Waals surface area (Å²) in [7, 11) is -0.653. The molecular formula is C8H12N2OS. The van der Waals surface area contributed by atoms with E-state index in [9.17, 15) is 4.21 Å². The molecule has 1 unspecified atom stereocenters. The molecule has 1 aromatic heterocycles. The van der Waals surface area contributed by atoms with Gasteiger partial charge in [-0.3, -0.25) is 8.89 Å². The summed E-state index contributed by atoms with van der Waals surface area (Å²) in [6.45, 7) is 2.94. The standard InChI is InChI=1S/C8H12N2OS/c1-2-10-8-6-12(11)4-3-7(8)5-9-10/h5H,2-4,6H2,1H3. The van der Waals surface area contributed by atoms with E-state index in [1.165, 1.54) is 11.3 Å². The number of hydrogen-bond acceptors (Lipinski definition) is 2. The van der Waals surface area contributed by atoms with Gasteiger partial charge in [0.2, 0.25) is 0 Å². The van der Waals surface area contributed by atoms with Crippen LogP contribution in [0.25, 0.3) is 0 Å². The molecule has 1 aliphatic heterocycles. The second-order valence-corrected chi connectivity index (χ2v) is 4.55. The molecule has 12 heavy (non-hydrogen) atoms. The molecule has 0 aromatic carbocycles. The van der Waals surface area contributed by atoms with Crippen molar-refractivity contribution in [3.8, 4) is 0 Å². The summed E-state index contributed by atoms with van der Waals surface area (Å²) in [4.78, 5) is 0. The third-order valence-corrected chi connectivity index (χ3v) is 3.49. The quantitative estimate of drug-likeness (QED) is 0.644. The van der Waals surface area contributed by atoms with Gasteiger partial charge in [-0.25, -0.2) is 0 Å². The van der Waals surface area contributed by atoms with Gasteiger partial charge in [-0.05, 0) is 18.9 Å². The number of nitrogens with zero attached hydrogens (tertiary/aromatic N) is 2. The molecule has 2 heterocycles. The van der Waals surface area contributed by atoms with E-state index in [1.807, 2.05) is 10.9 Å². The molecule has 0 saturated carbocycles. The smallest absolute Gasteiger partial charge is 0.0658 e. The maximum absolute atomic E-state index is 11.3. The lowest BCUT2D eigenvalue weighted by atomic mass is 10.2. The zero-order chi connectivity index (χ0) is 8.55. The average molecular weight is 184 g/mol. The molecule has 0 bridgehead atoms.